The Morgan fingerprint density at radius 3 is 2.50 bits per heavy atom. The molecule has 8 heteroatoms. The summed E-state index contributed by atoms with van der Waals surface area (Å²) in [5.41, 5.74) is 8.08. The average molecular weight is 461 g/mol. The largest absolute Gasteiger partial charge is 0.457 e. The third-order valence-electron chi connectivity index (χ3n) is 5.75. The first-order valence-electron chi connectivity index (χ1n) is 11.1. The summed E-state index contributed by atoms with van der Waals surface area (Å²) in [6.45, 7) is 2.94. The van der Waals surface area contributed by atoms with Gasteiger partial charge in [-0.3, -0.25) is 9.59 Å². The molecule has 176 valence electrons. The summed E-state index contributed by atoms with van der Waals surface area (Å²) in [5.74, 6) is 1.51. The first kappa shape index (κ1) is 23.3. The van der Waals surface area contributed by atoms with Crippen LogP contribution < -0.4 is 10.5 Å². The molecule has 0 bridgehead atoms. The van der Waals surface area contributed by atoms with Crippen LogP contribution in [0.25, 0.3) is 11.3 Å². The van der Waals surface area contributed by atoms with Gasteiger partial charge in [0.2, 0.25) is 5.91 Å². The molecule has 2 heterocycles. The third-order valence-corrected chi connectivity index (χ3v) is 5.75. The lowest BCUT2D eigenvalue weighted by molar-refractivity contribution is -0.125. The number of amides is 1. The zero-order valence-electron chi connectivity index (χ0n) is 19.3. The maximum absolute atomic E-state index is 12.5. The monoisotopic (exact) mass is 460 g/mol. The summed E-state index contributed by atoms with van der Waals surface area (Å²) < 4.78 is 12.5. The first-order valence-corrected chi connectivity index (χ1v) is 11.1. The predicted molar refractivity (Wildman–Crippen MR) is 130 cm³/mol. The SMILES string of the molecule is COC/C=C/C(=O)N1CC[C@@H](n2nc(-c3ccc(Oc4ccccc4)cc3)c(C(C)=O)c2N)C1. The number of ketones is 1. The Morgan fingerprint density at radius 2 is 1.82 bits per heavy atom. The van der Waals surface area contributed by atoms with Crippen molar-refractivity contribution in [3.8, 4) is 22.8 Å². The molecule has 1 atom stereocenters. The second-order valence-electron chi connectivity index (χ2n) is 8.13. The molecule has 1 aliphatic rings. The van der Waals surface area contributed by atoms with E-state index in [9.17, 15) is 9.59 Å². The number of methoxy groups -OCH3 is 1. The maximum atomic E-state index is 12.5. The summed E-state index contributed by atoms with van der Waals surface area (Å²) in [6, 6.07) is 16.8. The van der Waals surface area contributed by atoms with Crippen LogP contribution in [-0.2, 0) is 9.53 Å². The Hall–Kier alpha value is -3.91. The van der Waals surface area contributed by atoms with E-state index in [0.29, 0.717) is 48.9 Å². The van der Waals surface area contributed by atoms with Gasteiger partial charge < -0.3 is 20.1 Å². The topological polar surface area (TPSA) is 99.7 Å². The van der Waals surface area contributed by atoms with Crippen LogP contribution in [0, 0.1) is 0 Å². The van der Waals surface area contributed by atoms with E-state index >= 15 is 0 Å². The minimum atomic E-state index is -0.156. The molecule has 1 saturated heterocycles. The van der Waals surface area contributed by atoms with Crippen LogP contribution in [0.4, 0.5) is 5.82 Å². The lowest BCUT2D eigenvalue weighted by Crippen LogP contribution is -2.28. The number of carbonyl (C=O) groups excluding carboxylic acids is 2. The second kappa shape index (κ2) is 10.4. The summed E-state index contributed by atoms with van der Waals surface area (Å²) in [4.78, 5) is 26.6. The molecule has 0 unspecified atom stereocenters. The van der Waals surface area contributed by atoms with E-state index in [1.165, 1.54) is 13.0 Å². The Morgan fingerprint density at radius 1 is 1.12 bits per heavy atom. The fraction of sp³-hybridized carbons (Fsp3) is 0.269. The van der Waals surface area contributed by atoms with Gasteiger partial charge in [0.1, 0.15) is 23.0 Å². The van der Waals surface area contributed by atoms with Crippen molar-refractivity contribution in [2.24, 2.45) is 0 Å². The van der Waals surface area contributed by atoms with Crippen molar-refractivity contribution in [1.29, 1.82) is 0 Å². The Labute approximate surface area is 198 Å². The van der Waals surface area contributed by atoms with Gasteiger partial charge in [-0.2, -0.15) is 5.10 Å². The number of anilines is 1. The number of Topliss-reactive ketones (excluding diaryl/α,β-unsaturated/α-hetero) is 1. The number of ether oxygens (including phenoxy) is 2. The molecule has 1 amide bonds. The van der Waals surface area contributed by atoms with Crippen LogP contribution in [0.2, 0.25) is 0 Å². The fourth-order valence-corrected chi connectivity index (χ4v) is 4.07. The van der Waals surface area contributed by atoms with Crippen LogP contribution in [0.3, 0.4) is 0 Å². The van der Waals surface area contributed by atoms with Gasteiger partial charge in [0, 0.05) is 31.8 Å². The van der Waals surface area contributed by atoms with Crippen molar-refractivity contribution in [2.75, 3.05) is 32.5 Å². The average Bonchev–Trinajstić information content (AvgIpc) is 3.45. The molecule has 0 radical (unpaired) electrons. The minimum absolute atomic E-state index is 0.0775. The van der Waals surface area contributed by atoms with Crippen LogP contribution >= 0.6 is 0 Å². The summed E-state index contributed by atoms with van der Waals surface area (Å²) in [6.07, 6.45) is 3.91. The Kier molecular flexibility index (Phi) is 7.08. The smallest absolute Gasteiger partial charge is 0.246 e. The molecular formula is C26H28N4O4. The highest BCUT2D eigenvalue weighted by Gasteiger charge is 2.31. The van der Waals surface area contributed by atoms with E-state index in [1.54, 1.807) is 22.8 Å². The molecule has 4 rings (SSSR count). The zero-order valence-corrected chi connectivity index (χ0v) is 19.3. The number of aromatic nitrogens is 2. The van der Waals surface area contributed by atoms with Gasteiger partial charge in [-0.1, -0.05) is 24.3 Å². The van der Waals surface area contributed by atoms with Gasteiger partial charge in [0.25, 0.3) is 0 Å². The highest BCUT2D eigenvalue weighted by Crippen LogP contribution is 2.34. The van der Waals surface area contributed by atoms with Gasteiger partial charge in [-0.25, -0.2) is 4.68 Å². The van der Waals surface area contributed by atoms with Crippen molar-refractivity contribution in [2.45, 2.75) is 19.4 Å². The van der Waals surface area contributed by atoms with E-state index < -0.39 is 0 Å². The molecule has 0 aliphatic carbocycles. The number of hydrogen-bond acceptors (Lipinski definition) is 6. The molecule has 0 saturated carbocycles. The zero-order chi connectivity index (χ0) is 24.1. The predicted octanol–water partition coefficient (Wildman–Crippen LogP) is 4.10. The van der Waals surface area contributed by atoms with Gasteiger partial charge in [0.05, 0.1) is 18.2 Å². The van der Waals surface area contributed by atoms with Crippen molar-refractivity contribution < 1.29 is 19.1 Å². The quantitative estimate of drug-likeness (QED) is 0.401. The number of para-hydroxylation sites is 1. The second-order valence-corrected chi connectivity index (χ2v) is 8.13. The fourth-order valence-electron chi connectivity index (χ4n) is 4.07. The number of rotatable bonds is 8. The number of hydrogen-bond donors (Lipinski definition) is 1. The van der Waals surface area contributed by atoms with Crippen molar-refractivity contribution in [3.05, 3.63) is 72.3 Å². The molecule has 2 N–H and O–H groups in total. The Bertz CT molecular complexity index is 1190. The number of nitrogens with two attached hydrogens (primary N) is 1. The number of benzene rings is 2. The van der Waals surface area contributed by atoms with Crippen LogP contribution in [0.15, 0.2) is 66.7 Å². The number of nitrogen functional groups attached to an aromatic ring is 1. The Balaban J connectivity index is 1.55. The summed E-state index contributed by atoms with van der Waals surface area (Å²) in [7, 11) is 1.58. The van der Waals surface area contributed by atoms with E-state index in [0.717, 1.165) is 11.3 Å². The standard InChI is InChI=1S/C26H28N4O4/c1-18(31)24-25(19-10-12-22(13-11-19)34-21-7-4-3-5-8-21)28-30(26(24)27)20-14-15-29(17-20)23(32)9-6-16-33-2/h3-13,20H,14-17,27H2,1-2H3/b9-6+/t20-/m1/s1. The van der Waals surface area contributed by atoms with Crippen LogP contribution in [-0.4, -0.2) is 53.2 Å². The normalized spacial score (nSPS) is 15.7. The summed E-state index contributed by atoms with van der Waals surface area (Å²) in [5, 5.41) is 4.72. The lowest BCUT2D eigenvalue weighted by Gasteiger charge is -2.15. The number of carbonyl (C=O) groups is 2. The van der Waals surface area contributed by atoms with E-state index in [1.807, 2.05) is 54.6 Å². The van der Waals surface area contributed by atoms with E-state index in [4.69, 9.17) is 20.3 Å². The highest BCUT2D eigenvalue weighted by molar-refractivity contribution is 6.04. The molecule has 3 aromatic rings. The van der Waals surface area contributed by atoms with Crippen molar-refractivity contribution in [3.63, 3.8) is 0 Å². The molecule has 2 aromatic carbocycles. The first-order chi connectivity index (χ1) is 16.5. The summed E-state index contributed by atoms with van der Waals surface area (Å²) >= 11 is 0. The third kappa shape index (κ3) is 5.02. The van der Waals surface area contributed by atoms with E-state index in [-0.39, 0.29) is 17.7 Å². The van der Waals surface area contributed by atoms with Crippen LogP contribution in [0.1, 0.15) is 29.7 Å². The molecule has 8 nitrogen and oxygen atoms in total. The minimum Gasteiger partial charge on any atom is -0.457 e. The number of likely N-dealkylation sites (tertiary alicyclic amines) is 1. The molecule has 34 heavy (non-hydrogen) atoms. The molecule has 1 aliphatic heterocycles. The molecule has 1 fully saturated rings. The van der Waals surface area contributed by atoms with Gasteiger partial charge >= 0.3 is 0 Å². The molecule has 1 aromatic heterocycles. The maximum Gasteiger partial charge on any atom is 0.246 e. The highest BCUT2D eigenvalue weighted by atomic mass is 16.5. The van der Waals surface area contributed by atoms with Gasteiger partial charge in [-0.05, 0) is 49.7 Å². The molecule has 0 spiro atoms. The molecular weight excluding hydrogens is 432 g/mol. The van der Waals surface area contributed by atoms with Crippen molar-refractivity contribution in [1.82, 2.24) is 14.7 Å². The van der Waals surface area contributed by atoms with Crippen LogP contribution in [0.5, 0.6) is 11.5 Å². The van der Waals surface area contributed by atoms with Gasteiger partial charge in [-0.15, -0.1) is 0 Å². The van der Waals surface area contributed by atoms with E-state index in [2.05, 4.69) is 0 Å². The lowest BCUT2D eigenvalue weighted by atomic mass is 10.0. The van der Waals surface area contributed by atoms with Crippen molar-refractivity contribution >= 4 is 17.5 Å². The number of nitrogens with zero attached hydrogens (tertiary/aromatic N) is 3. The van der Waals surface area contributed by atoms with Gasteiger partial charge in [0.15, 0.2) is 5.78 Å².